The number of nitrogens with one attached hydrogen (secondary N) is 5. The highest BCUT2D eigenvalue weighted by molar-refractivity contribution is 5.93. The first kappa shape index (κ1) is 35.6. The molecule has 1 aromatic heterocycles. The Balaban J connectivity index is 1.65. The molecule has 0 bridgehead atoms. The standard InChI is InChI=1S/C33H45N7O6/c1-32(2,3)46-31(44)39-33(4,5)29(42)35-17-26(21-45-20-23-12-8-7-9-13-23)28(41)38-27-19-40(22-37-27)18-25-15-11-10-14-24(25)16-36-30(43)34-6/h7-15,19,22,26H,16-18,20-21H2,1-6H3,(H,35,42)(H,38,41)(H,39,44)(H2,34,36,43)/t26-/m1/s1. The predicted molar refractivity (Wildman–Crippen MR) is 174 cm³/mol. The first-order chi connectivity index (χ1) is 21.8. The second-order valence-electron chi connectivity index (χ2n) is 12.3. The van der Waals surface area contributed by atoms with E-state index in [4.69, 9.17) is 9.47 Å². The van der Waals surface area contributed by atoms with Gasteiger partial charge in [0, 0.05) is 32.9 Å². The van der Waals surface area contributed by atoms with E-state index in [1.165, 1.54) is 0 Å². The molecule has 248 valence electrons. The number of urea groups is 1. The third-order valence-electron chi connectivity index (χ3n) is 6.71. The highest BCUT2D eigenvalue weighted by Gasteiger charge is 2.32. The molecular formula is C33H45N7O6. The van der Waals surface area contributed by atoms with Crippen molar-refractivity contribution in [3.63, 3.8) is 0 Å². The molecule has 0 fully saturated rings. The van der Waals surface area contributed by atoms with Gasteiger partial charge in [0.2, 0.25) is 11.8 Å². The Hall–Kier alpha value is -4.91. The fraction of sp³-hybridized carbons (Fsp3) is 0.424. The van der Waals surface area contributed by atoms with Crippen molar-refractivity contribution in [2.24, 2.45) is 5.92 Å². The molecule has 46 heavy (non-hydrogen) atoms. The summed E-state index contributed by atoms with van der Waals surface area (Å²) in [7, 11) is 1.56. The summed E-state index contributed by atoms with van der Waals surface area (Å²) < 4.78 is 13.0. The molecule has 1 heterocycles. The molecule has 0 radical (unpaired) electrons. The van der Waals surface area contributed by atoms with E-state index in [2.05, 4.69) is 31.6 Å². The molecule has 0 aliphatic rings. The van der Waals surface area contributed by atoms with Gasteiger partial charge in [-0.3, -0.25) is 9.59 Å². The van der Waals surface area contributed by atoms with Gasteiger partial charge in [-0.25, -0.2) is 14.6 Å². The molecule has 0 aliphatic heterocycles. The normalized spacial score (nSPS) is 12.0. The third kappa shape index (κ3) is 11.9. The number of hydrogen-bond donors (Lipinski definition) is 5. The zero-order valence-corrected chi connectivity index (χ0v) is 27.3. The van der Waals surface area contributed by atoms with Crippen LogP contribution in [0.4, 0.5) is 15.4 Å². The first-order valence-electron chi connectivity index (χ1n) is 15.0. The average molecular weight is 636 g/mol. The van der Waals surface area contributed by atoms with Crippen molar-refractivity contribution in [1.82, 2.24) is 30.8 Å². The molecule has 0 spiro atoms. The van der Waals surface area contributed by atoms with Crippen LogP contribution in [0.3, 0.4) is 0 Å². The van der Waals surface area contributed by atoms with E-state index in [1.807, 2.05) is 59.2 Å². The fourth-order valence-corrected chi connectivity index (χ4v) is 4.26. The van der Waals surface area contributed by atoms with Crippen LogP contribution >= 0.6 is 0 Å². The molecule has 0 aliphatic carbocycles. The van der Waals surface area contributed by atoms with Gasteiger partial charge in [0.15, 0.2) is 5.82 Å². The summed E-state index contributed by atoms with van der Waals surface area (Å²) in [5, 5.41) is 13.5. The minimum Gasteiger partial charge on any atom is -0.444 e. The van der Waals surface area contributed by atoms with Crippen molar-refractivity contribution < 1.29 is 28.7 Å². The van der Waals surface area contributed by atoms with E-state index in [9.17, 15) is 19.2 Å². The maximum Gasteiger partial charge on any atom is 0.408 e. The first-order valence-corrected chi connectivity index (χ1v) is 15.0. The van der Waals surface area contributed by atoms with Crippen LogP contribution in [0.15, 0.2) is 67.1 Å². The third-order valence-corrected chi connectivity index (χ3v) is 6.71. The van der Waals surface area contributed by atoms with Crippen LogP contribution in [0.5, 0.6) is 0 Å². The average Bonchev–Trinajstić information content (AvgIpc) is 3.43. The smallest absolute Gasteiger partial charge is 0.408 e. The number of imidazole rings is 1. The fourth-order valence-electron chi connectivity index (χ4n) is 4.26. The minimum atomic E-state index is -1.31. The Morgan fingerprint density at radius 1 is 0.913 bits per heavy atom. The number of hydrogen-bond acceptors (Lipinski definition) is 7. The maximum absolute atomic E-state index is 13.4. The van der Waals surface area contributed by atoms with Gasteiger partial charge in [0.25, 0.3) is 0 Å². The summed E-state index contributed by atoms with van der Waals surface area (Å²) >= 11 is 0. The second kappa shape index (κ2) is 16.4. The van der Waals surface area contributed by atoms with Gasteiger partial charge in [-0.05, 0) is 51.3 Å². The SMILES string of the molecule is CNC(=O)NCc1ccccc1Cn1cnc(NC(=O)[C@H](CNC(=O)C(C)(C)NC(=O)OC(C)(C)C)COCc2ccccc2)c1. The monoisotopic (exact) mass is 635 g/mol. The highest BCUT2D eigenvalue weighted by atomic mass is 16.6. The Kier molecular flexibility index (Phi) is 12.7. The van der Waals surface area contributed by atoms with Gasteiger partial charge in [-0.15, -0.1) is 0 Å². The van der Waals surface area contributed by atoms with Gasteiger partial charge in [0.05, 0.1) is 25.5 Å². The molecule has 0 unspecified atom stereocenters. The van der Waals surface area contributed by atoms with E-state index in [1.54, 1.807) is 54.2 Å². The molecule has 3 rings (SSSR count). The molecule has 13 nitrogen and oxygen atoms in total. The van der Waals surface area contributed by atoms with Crippen molar-refractivity contribution in [3.05, 3.63) is 83.8 Å². The van der Waals surface area contributed by atoms with E-state index in [0.717, 1.165) is 16.7 Å². The molecule has 1 atom stereocenters. The maximum atomic E-state index is 13.4. The Morgan fingerprint density at radius 2 is 1.59 bits per heavy atom. The van der Waals surface area contributed by atoms with Crippen LogP contribution in [-0.4, -0.2) is 64.8 Å². The number of carbonyl (C=O) groups excluding carboxylic acids is 4. The van der Waals surface area contributed by atoms with Crippen LogP contribution in [0.2, 0.25) is 0 Å². The van der Waals surface area contributed by atoms with Crippen molar-refractivity contribution in [2.75, 3.05) is 25.5 Å². The number of alkyl carbamates (subject to hydrolysis) is 1. The summed E-state index contributed by atoms with van der Waals surface area (Å²) in [4.78, 5) is 54.7. The quantitative estimate of drug-likeness (QED) is 0.181. The summed E-state index contributed by atoms with van der Waals surface area (Å²) in [6, 6.07) is 17.0. The highest BCUT2D eigenvalue weighted by Crippen LogP contribution is 2.14. The van der Waals surface area contributed by atoms with Crippen LogP contribution < -0.4 is 26.6 Å². The van der Waals surface area contributed by atoms with Crippen LogP contribution in [0.25, 0.3) is 0 Å². The van der Waals surface area contributed by atoms with E-state index >= 15 is 0 Å². The number of benzene rings is 2. The minimum absolute atomic E-state index is 0.0212. The van der Waals surface area contributed by atoms with Gasteiger partial charge in [-0.2, -0.15) is 0 Å². The molecular weight excluding hydrogens is 590 g/mol. The lowest BCUT2D eigenvalue weighted by Gasteiger charge is -2.28. The molecule has 0 saturated carbocycles. The summed E-state index contributed by atoms with van der Waals surface area (Å²) in [6.45, 7) is 9.36. The van der Waals surface area contributed by atoms with Crippen molar-refractivity contribution in [1.29, 1.82) is 0 Å². The number of amides is 5. The Labute approximate surface area is 269 Å². The Bertz CT molecular complexity index is 1470. The van der Waals surface area contributed by atoms with Gasteiger partial charge < -0.3 is 40.6 Å². The van der Waals surface area contributed by atoms with Crippen molar-refractivity contribution in [3.8, 4) is 0 Å². The van der Waals surface area contributed by atoms with Crippen molar-refractivity contribution in [2.45, 2.75) is 65.5 Å². The van der Waals surface area contributed by atoms with Crippen LogP contribution in [-0.2, 0) is 38.8 Å². The lowest BCUT2D eigenvalue weighted by atomic mass is 10.0. The zero-order chi connectivity index (χ0) is 33.7. The number of carbonyl (C=O) groups is 4. The molecule has 3 aromatic rings. The van der Waals surface area contributed by atoms with Gasteiger partial charge >= 0.3 is 12.1 Å². The molecule has 2 aromatic carbocycles. The largest absolute Gasteiger partial charge is 0.444 e. The number of rotatable bonds is 14. The number of anilines is 1. The van der Waals surface area contributed by atoms with Gasteiger partial charge in [0.1, 0.15) is 11.1 Å². The van der Waals surface area contributed by atoms with Crippen molar-refractivity contribution >= 4 is 29.8 Å². The number of aromatic nitrogens is 2. The predicted octanol–water partition coefficient (Wildman–Crippen LogP) is 3.55. The molecule has 5 amide bonds. The van der Waals surface area contributed by atoms with Crippen LogP contribution in [0, 0.1) is 5.92 Å². The lowest BCUT2D eigenvalue weighted by Crippen LogP contribution is -2.56. The topological polar surface area (TPSA) is 165 Å². The molecule has 0 saturated heterocycles. The lowest BCUT2D eigenvalue weighted by molar-refractivity contribution is -0.127. The Morgan fingerprint density at radius 3 is 2.26 bits per heavy atom. The van der Waals surface area contributed by atoms with E-state index in [-0.39, 0.29) is 25.8 Å². The van der Waals surface area contributed by atoms with E-state index in [0.29, 0.717) is 18.9 Å². The number of nitrogens with zero attached hydrogens (tertiary/aromatic N) is 2. The number of ether oxygens (including phenoxy) is 2. The summed E-state index contributed by atoms with van der Waals surface area (Å²) in [6.07, 6.45) is 2.58. The van der Waals surface area contributed by atoms with Gasteiger partial charge in [-0.1, -0.05) is 54.6 Å². The van der Waals surface area contributed by atoms with Crippen LogP contribution in [0.1, 0.15) is 51.3 Å². The summed E-state index contributed by atoms with van der Waals surface area (Å²) in [5.74, 6) is -1.33. The van der Waals surface area contributed by atoms with E-state index < -0.39 is 35.0 Å². The molecule has 13 heteroatoms. The zero-order valence-electron chi connectivity index (χ0n) is 27.3. The molecule has 5 N–H and O–H groups in total. The second-order valence-corrected chi connectivity index (χ2v) is 12.3. The summed E-state index contributed by atoms with van der Waals surface area (Å²) in [5.41, 5.74) is 0.834.